The molecule has 0 heterocycles. The molecule has 190 valence electrons. The molecule has 34 heavy (non-hydrogen) atoms. The van der Waals surface area contributed by atoms with Crippen molar-refractivity contribution in [2.24, 2.45) is 0 Å². The number of hydrogen-bond acceptors (Lipinski definition) is 9. The molecule has 2 N–H and O–H groups in total. The van der Waals surface area contributed by atoms with E-state index in [1.54, 1.807) is 33.8 Å². The number of carbonyl (C=O) groups is 4. The van der Waals surface area contributed by atoms with Gasteiger partial charge in [0.2, 0.25) is 0 Å². The summed E-state index contributed by atoms with van der Waals surface area (Å²) in [5, 5.41) is 12.5. The van der Waals surface area contributed by atoms with E-state index in [1.807, 2.05) is 6.92 Å². The minimum absolute atomic E-state index is 0.0379. The van der Waals surface area contributed by atoms with E-state index < -0.39 is 36.2 Å². The highest BCUT2D eigenvalue weighted by molar-refractivity contribution is 5.76. The second-order valence-electron chi connectivity index (χ2n) is 7.84. The minimum atomic E-state index is -1.11. The van der Waals surface area contributed by atoms with Crippen LogP contribution in [-0.4, -0.2) is 54.0 Å². The highest BCUT2D eigenvalue weighted by Crippen LogP contribution is 2.30. The van der Waals surface area contributed by atoms with Gasteiger partial charge in [-0.2, -0.15) is 0 Å². The van der Waals surface area contributed by atoms with Crippen LogP contribution in [0.3, 0.4) is 0 Å². The first-order valence-corrected chi connectivity index (χ1v) is 11.5. The van der Waals surface area contributed by atoms with Crippen LogP contribution in [0.15, 0.2) is 18.2 Å². The maximum absolute atomic E-state index is 11.8. The summed E-state index contributed by atoms with van der Waals surface area (Å²) in [6.45, 7) is 8.71. The molecule has 0 amide bonds. The summed E-state index contributed by atoms with van der Waals surface area (Å²) in [5.74, 6) is -2.01. The van der Waals surface area contributed by atoms with Gasteiger partial charge in [0.15, 0.2) is 11.5 Å². The number of esters is 2. The average Bonchev–Trinajstić information content (AvgIpc) is 2.77. The van der Waals surface area contributed by atoms with Crippen molar-refractivity contribution in [2.75, 3.05) is 6.54 Å². The molecule has 0 saturated heterocycles. The topological polar surface area (TPSA) is 137 Å². The van der Waals surface area contributed by atoms with Crippen molar-refractivity contribution >= 4 is 24.1 Å². The second-order valence-corrected chi connectivity index (χ2v) is 7.84. The second kappa shape index (κ2) is 14.9. The molecular formula is C24H35NO9. The zero-order chi connectivity index (χ0) is 25.7. The summed E-state index contributed by atoms with van der Waals surface area (Å²) in [6, 6.07) is 3.50. The van der Waals surface area contributed by atoms with Crippen molar-refractivity contribution in [3.05, 3.63) is 23.8 Å². The average molecular weight is 482 g/mol. The van der Waals surface area contributed by atoms with Gasteiger partial charge in [0.1, 0.15) is 18.2 Å². The molecule has 2 unspecified atom stereocenters. The molecule has 1 aromatic rings. The molecule has 0 spiro atoms. The lowest BCUT2D eigenvalue weighted by Gasteiger charge is -2.20. The smallest absolute Gasteiger partial charge is 0.480 e. The fraction of sp³-hybridized carbons (Fsp3) is 0.583. The Balaban J connectivity index is 2.82. The van der Waals surface area contributed by atoms with E-state index in [4.69, 9.17) is 18.9 Å². The van der Waals surface area contributed by atoms with Crippen molar-refractivity contribution in [1.82, 2.24) is 5.32 Å². The molecule has 0 aromatic heterocycles. The molecule has 0 radical (unpaired) electrons. The van der Waals surface area contributed by atoms with Gasteiger partial charge in [-0.3, -0.25) is 14.4 Å². The summed E-state index contributed by atoms with van der Waals surface area (Å²) < 4.78 is 20.7. The van der Waals surface area contributed by atoms with Gasteiger partial charge in [0.25, 0.3) is 0 Å². The van der Waals surface area contributed by atoms with Crippen LogP contribution in [0.4, 0.5) is 4.79 Å². The van der Waals surface area contributed by atoms with Gasteiger partial charge in [-0.1, -0.05) is 33.3 Å². The van der Waals surface area contributed by atoms with Gasteiger partial charge in [-0.25, -0.2) is 4.79 Å². The predicted molar refractivity (Wildman–Crippen MR) is 123 cm³/mol. The van der Waals surface area contributed by atoms with Crippen molar-refractivity contribution < 1.29 is 43.2 Å². The molecule has 0 aliphatic heterocycles. The summed E-state index contributed by atoms with van der Waals surface area (Å²) in [7, 11) is 0. The van der Waals surface area contributed by atoms with Gasteiger partial charge in [0, 0.05) is 19.4 Å². The Morgan fingerprint density at radius 3 is 2.06 bits per heavy atom. The van der Waals surface area contributed by atoms with E-state index in [2.05, 4.69) is 5.32 Å². The Morgan fingerprint density at radius 2 is 1.50 bits per heavy atom. The standard InChI is InChI=1S/C24H35NO9/c1-6-9-15(4)31-24(30)32-16(5)14-25-18(23(28)29)12-17-10-11-19(33-21(26)7-2)20(13-17)34-22(27)8-3/h10-11,13,15-16,18,25H,6-9,12,14H2,1-5H3,(H,28,29)/t15?,16?,18-/m0/s1. The molecule has 0 fully saturated rings. The first kappa shape index (κ1) is 28.9. The summed E-state index contributed by atoms with van der Waals surface area (Å²) >= 11 is 0. The van der Waals surface area contributed by atoms with Crippen LogP contribution < -0.4 is 14.8 Å². The Morgan fingerprint density at radius 1 is 0.912 bits per heavy atom. The maximum atomic E-state index is 11.8. The molecule has 3 atom stereocenters. The lowest BCUT2D eigenvalue weighted by atomic mass is 10.0. The molecule has 0 saturated carbocycles. The molecule has 10 nitrogen and oxygen atoms in total. The summed E-state index contributed by atoms with van der Waals surface area (Å²) in [5.41, 5.74) is 0.538. The minimum Gasteiger partial charge on any atom is -0.480 e. The number of carbonyl (C=O) groups excluding carboxylic acids is 3. The third-order valence-corrected chi connectivity index (χ3v) is 4.71. The SMILES string of the molecule is CCCC(C)OC(=O)OC(C)CN[C@@H](Cc1ccc(OC(=O)CC)c(OC(=O)CC)c1)C(=O)O. The van der Waals surface area contributed by atoms with Crippen LogP contribution in [0.2, 0.25) is 0 Å². The molecule has 0 aliphatic carbocycles. The van der Waals surface area contributed by atoms with E-state index >= 15 is 0 Å². The van der Waals surface area contributed by atoms with Crippen LogP contribution in [0.1, 0.15) is 65.9 Å². The molecule has 1 rings (SSSR count). The molecule has 0 aliphatic rings. The Hall–Kier alpha value is -3.14. The number of benzene rings is 1. The van der Waals surface area contributed by atoms with Crippen LogP contribution in [0.5, 0.6) is 11.5 Å². The largest absolute Gasteiger partial charge is 0.508 e. The number of carboxylic acids is 1. The van der Waals surface area contributed by atoms with Gasteiger partial charge < -0.3 is 29.4 Å². The van der Waals surface area contributed by atoms with E-state index in [0.717, 1.165) is 12.8 Å². The zero-order valence-electron chi connectivity index (χ0n) is 20.4. The fourth-order valence-electron chi connectivity index (χ4n) is 2.89. The molecular weight excluding hydrogens is 446 g/mol. The predicted octanol–water partition coefficient (Wildman–Crippen LogP) is 3.63. The number of hydrogen-bond donors (Lipinski definition) is 2. The van der Waals surface area contributed by atoms with Crippen LogP contribution in [0.25, 0.3) is 0 Å². The van der Waals surface area contributed by atoms with Crippen LogP contribution >= 0.6 is 0 Å². The Kier molecular flexibility index (Phi) is 12.7. The van der Waals surface area contributed by atoms with Crippen LogP contribution in [0, 0.1) is 0 Å². The van der Waals surface area contributed by atoms with Crippen molar-refractivity contribution in [3.63, 3.8) is 0 Å². The van der Waals surface area contributed by atoms with Crippen molar-refractivity contribution in [3.8, 4) is 11.5 Å². The number of carboxylic acid groups (broad SMARTS) is 1. The van der Waals surface area contributed by atoms with E-state index in [1.165, 1.54) is 12.1 Å². The number of rotatable bonds is 14. The zero-order valence-corrected chi connectivity index (χ0v) is 20.4. The van der Waals surface area contributed by atoms with E-state index in [0.29, 0.717) is 5.56 Å². The Labute approximate surface area is 199 Å². The molecule has 1 aromatic carbocycles. The lowest BCUT2D eigenvalue weighted by Crippen LogP contribution is -2.42. The van der Waals surface area contributed by atoms with Crippen molar-refractivity contribution in [2.45, 2.75) is 85.0 Å². The van der Waals surface area contributed by atoms with Gasteiger partial charge in [-0.15, -0.1) is 0 Å². The first-order chi connectivity index (χ1) is 16.1. The molecule has 0 bridgehead atoms. The van der Waals surface area contributed by atoms with Crippen LogP contribution in [-0.2, 0) is 30.3 Å². The number of ether oxygens (including phenoxy) is 4. The van der Waals surface area contributed by atoms with E-state index in [-0.39, 0.29) is 43.4 Å². The van der Waals surface area contributed by atoms with Crippen molar-refractivity contribution in [1.29, 1.82) is 0 Å². The summed E-state index contributed by atoms with van der Waals surface area (Å²) in [4.78, 5) is 47.0. The lowest BCUT2D eigenvalue weighted by molar-refractivity contribution is -0.139. The van der Waals surface area contributed by atoms with Gasteiger partial charge in [-0.05, 0) is 44.4 Å². The van der Waals surface area contributed by atoms with Gasteiger partial charge >= 0.3 is 24.1 Å². The first-order valence-electron chi connectivity index (χ1n) is 11.5. The normalized spacial score (nSPS) is 13.3. The third kappa shape index (κ3) is 10.7. The number of nitrogens with one attached hydrogen (secondary N) is 1. The highest BCUT2D eigenvalue weighted by atomic mass is 16.7. The van der Waals surface area contributed by atoms with Gasteiger partial charge in [0.05, 0.1) is 0 Å². The quantitative estimate of drug-likeness (QED) is 0.299. The fourth-order valence-corrected chi connectivity index (χ4v) is 2.89. The molecule has 10 heteroatoms. The summed E-state index contributed by atoms with van der Waals surface area (Å²) in [6.07, 6.45) is 0.184. The maximum Gasteiger partial charge on any atom is 0.508 e. The third-order valence-electron chi connectivity index (χ3n) is 4.71. The Bertz CT molecular complexity index is 840. The highest BCUT2D eigenvalue weighted by Gasteiger charge is 2.22. The van der Waals surface area contributed by atoms with E-state index in [9.17, 15) is 24.3 Å². The number of aliphatic carboxylic acids is 1. The monoisotopic (exact) mass is 481 g/mol.